The molecule has 0 bridgehead atoms. The van der Waals surface area contributed by atoms with E-state index in [1.807, 2.05) is 19.2 Å². The summed E-state index contributed by atoms with van der Waals surface area (Å²) in [7, 11) is -1.33. The summed E-state index contributed by atoms with van der Waals surface area (Å²) in [4.78, 5) is 9.02. The topological polar surface area (TPSA) is 30.7 Å². The Kier molecular flexibility index (Phi) is 3.27. The molecule has 18 heavy (non-hydrogen) atoms. The predicted molar refractivity (Wildman–Crippen MR) is 78.2 cm³/mol. The van der Waals surface area contributed by atoms with E-state index in [0.717, 1.165) is 29.1 Å². The Hall–Kier alpha value is -1.60. The molecule has 0 fully saturated rings. The van der Waals surface area contributed by atoms with Crippen molar-refractivity contribution in [2.75, 3.05) is 0 Å². The van der Waals surface area contributed by atoms with Crippen LogP contribution in [0.2, 0.25) is 19.6 Å². The van der Waals surface area contributed by atoms with Gasteiger partial charge < -0.3 is 4.57 Å². The van der Waals surface area contributed by atoms with Gasteiger partial charge in [-0.1, -0.05) is 25.6 Å². The number of hydrogen-bond donors (Lipinski definition) is 0. The molecule has 0 saturated carbocycles. The molecule has 0 radical (unpaired) electrons. The van der Waals surface area contributed by atoms with Crippen molar-refractivity contribution in [1.82, 2.24) is 14.5 Å². The van der Waals surface area contributed by atoms with Crippen molar-refractivity contribution in [1.29, 1.82) is 0 Å². The number of pyridine rings is 1. The highest BCUT2D eigenvalue weighted by molar-refractivity contribution is 6.83. The van der Waals surface area contributed by atoms with Crippen molar-refractivity contribution in [3.63, 3.8) is 0 Å². The van der Waals surface area contributed by atoms with E-state index in [4.69, 9.17) is 0 Å². The van der Waals surface area contributed by atoms with E-state index in [1.165, 1.54) is 0 Å². The summed E-state index contributed by atoms with van der Waals surface area (Å²) in [6.07, 6.45) is 1.85. The first-order valence-electron chi connectivity index (χ1n) is 6.27. The second-order valence-corrected chi connectivity index (χ2v) is 10.2. The maximum atomic E-state index is 4.53. The van der Waals surface area contributed by atoms with E-state index < -0.39 is 8.07 Å². The van der Waals surface area contributed by atoms with Crippen molar-refractivity contribution in [2.24, 2.45) is 0 Å². The highest BCUT2D eigenvalue weighted by atomic mass is 28.3. The van der Waals surface area contributed by atoms with Crippen LogP contribution in [0.3, 0.4) is 0 Å². The summed E-state index contributed by atoms with van der Waals surface area (Å²) in [5, 5.41) is 0. The molecular formula is C14H19N3Si. The summed E-state index contributed by atoms with van der Waals surface area (Å²) in [5.41, 5.74) is 6.21. The van der Waals surface area contributed by atoms with Gasteiger partial charge in [0.15, 0.2) is 5.65 Å². The van der Waals surface area contributed by atoms with E-state index in [1.54, 1.807) is 0 Å². The van der Waals surface area contributed by atoms with Crippen LogP contribution in [0.5, 0.6) is 0 Å². The van der Waals surface area contributed by atoms with Crippen LogP contribution in [-0.4, -0.2) is 22.6 Å². The van der Waals surface area contributed by atoms with Gasteiger partial charge in [-0.3, -0.25) is 0 Å². The molecule has 0 aliphatic carbocycles. The van der Waals surface area contributed by atoms with E-state index in [2.05, 4.69) is 52.6 Å². The molecule has 2 aromatic heterocycles. The zero-order valence-corrected chi connectivity index (χ0v) is 12.7. The van der Waals surface area contributed by atoms with Gasteiger partial charge in [0.1, 0.15) is 19.4 Å². The Morgan fingerprint density at radius 2 is 2.06 bits per heavy atom. The van der Waals surface area contributed by atoms with Crippen LogP contribution in [0.1, 0.15) is 18.3 Å². The molecule has 3 nitrogen and oxygen atoms in total. The minimum Gasteiger partial charge on any atom is -0.313 e. The van der Waals surface area contributed by atoms with Gasteiger partial charge in [0.25, 0.3) is 0 Å². The Morgan fingerprint density at radius 1 is 1.33 bits per heavy atom. The number of imidazole rings is 1. The van der Waals surface area contributed by atoms with Crippen molar-refractivity contribution < 1.29 is 0 Å². The smallest absolute Gasteiger partial charge is 0.160 e. The largest absolute Gasteiger partial charge is 0.313 e. The van der Waals surface area contributed by atoms with Gasteiger partial charge in [-0.05, 0) is 19.9 Å². The van der Waals surface area contributed by atoms with Crippen molar-refractivity contribution in [3.8, 4) is 11.5 Å². The summed E-state index contributed by atoms with van der Waals surface area (Å²) in [5.74, 6) is 4.23. The summed E-state index contributed by atoms with van der Waals surface area (Å²) in [6.45, 7) is 11.7. The number of nitrogens with zero attached hydrogens (tertiary/aromatic N) is 3. The quantitative estimate of drug-likeness (QED) is 0.581. The van der Waals surface area contributed by atoms with Gasteiger partial charge in [0.2, 0.25) is 0 Å². The van der Waals surface area contributed by atoms with E-state index in [-0.39, 0.29) is 0 Å². The SMILES string of the molecule is CCn1c(C)nc2cc(C#C[Si](C)(C)C)cnc21. The minimum absolute atomic E-state index is 0.898. The lowest BCUT2D eigenvalue weighted by atomic mass is 10.3. The number of hydrogen-bond acceptors (Lipinski definition) is 2. The molecule has 0 atom stereocenters. The molecule has 0 saturated heterocycles. The van der Waals surface area contributed by atoms with Gasteiger partial charge in [-0.2, -0.15) is 0 Å². The molecule has 0 aromatic carbocycles. The lowest BCUT2D eigenvalue weighted by Gasteiger charge is -2.03. The van der Waals surface area contributed by atoms with E-state index in [0.29, 0.717) is 0 Å². The predicted octanol–water partition coefficient (Wildman–Crippen LogP) is 2.99. The molecule has 0 N–H and O–H groups in total. The minimum atomic E-state index is -1.33. The van der Waals surface area contributed by atoms with Crippen LogP contribution in [0.4, 0.5) is 0 Å². The van der Waals surface area contributed by atoms with Crippen LogP contribution >= 0.6 is 0 Å². The Morgan fingerprint density at radius 3 is 2.67 bits per heavy atom. The molecule has 0 aliphatic rings. The standard InChI is InChI=1S/C14H19N3Si/c1-6-17-11(2)16-13-9-12(10-15-14(13)17)7-8-18(3,4)5/h9-10H,6H2,1-5H3. The van der Waals surface area contributed by atoms with Gasteiger partial charge >= 0.3 is 0 Å². The van der Waals surface area contributed by atoms with Crippen LogP contribution in [0, 0.1) is 18.4 Å². The summed E-state index contributed by atoms with van der Waals surface area (Å²) in [6, 6.07) is 2.04. The van der Waals surface area contributed by atoms with Crippen LogP contribution in [0.25, 0.3) is 11.2 Å². The molecule has 4 heteroatoms. The average molecular weight is 257 g/mol. The number of aryl methyl sites for hydroxylation is 2. The van der Waals surface area contributed by atoms with E-state index >= 15 is 0 Å². The third-order valence-electron chi connectivity index (χ3n) is 2.67. The monoisotopic (exact) mass is 257 g/mol. The van der Waals surface area contributed by atoms with Crippen molar-refractivity contribution >= 4 is 19.2 Å². The van der Waals surface area contributed by atoms with Gasteiger partial charge in [0, 0.05) is 18.3 Å². The fourth-order valence-electron chi connectivity index (χ4n) is 1.83. The average Bonchev–Trinajstić information content (AvgIpc) is 2.59. The summed E-state index contributed by atoms with van der Waals surface area (Å²) >= 11 is 0. The second kappa shape index (κ2) is 4.58. The number of rotatable bonds is 1. The highest BCUT2D eigenvalue weighted by Gasteiger charge is 2.09. The summed E-state index contributed by atoms with van der Waals surface area (Å²) < 4.78 is 2.12. The van der Waals surface area contributed by atoms with E-state index in [9.17, 15) is 0 Å². The lowest BCUT2D eigenvalue weighted by molar-refractivity contribution is 0.746. The Balaban J connectivity index is 2.48. The molecule has 2 heterocycles. The molecular weight excluding hydrogens is 238 g/mol. The molecule has 2 aromatic rings. The molecule has 2 rings (SSSR count). The van der Waals surface area contributed by atoms with Gasteiger partial charge in [0.05, 0.1) is 0 Å². The van der Waals surface area contributed by atoms with Gasteiger partial charge in [-0.15, -0.1) is 5.54 Å². The first-order chi connectivity index (χ1) is 8.40. The highest BCUT2D eigenvalue weighted by Crippen LogP contribution is 2.14. The molecule has 94 valence electrons. The first kappa shape index (κ1) is 12.8. The zero-order chi connectivity index (χ0) is 13.3. The third kappa shape index (κ3) is 2.62. The molecule has 0 unspecified atom stereocenters. The van der Waals surface area contributed by atoms with Crippen molar-refractivity contribution in [3.05, 3.63) is 23.7 Å². The number of fused-ring (bicyclic) bond motifs is 1. The lowest BCUT2D eigenvalue weighted by Crippen LogP contribution is -2.16. The third-order valence-corrected chi connectivity index (χ3v) is 3.55. The molecule has 0 spiro atoms. The van der Waals surface area contributed by atoms with Crippen LogP contribution in [-0.2, 0) is 6.54 Å². The maximum absolute atomic E-state index is 4.53. The molecule has 0 aliphatic heterocycles. The molecule has 0 amide bonds. The second-order valence-electron chi connectivity index (χ2n) is 5.47. The zero-order valence-electron chi connectivity index (χ0n) is 11.7. The Bertz CT molecular complexity index is 639. The van der Waals surface area contributed by atoms with Crippen LogP contribution < -0.4 is 0 Å². The number of aromatic nitrogens is 3. The van der Waals surface area contributed by atoms with Gasteiger partial charge in [-0.25, -0.2) is 9.97 Å². The van der Waals surface area contributed by atoms with Crippen LogP contribution in [0.15, 0.2) is 12.3 Å². The first-order valence-corrected chi connectivity index (χ1v) is 9.77. The maximum Gasteiger partial charge on any atom is 0.160 e. The fraction of sp³-hybridized carbons (Fsp3) is 0.429. The Labute approximate surface area is 109 Å². The van der Waals surface area contributed by atoms with Crippen molar-refractivity contribution in [2.45, 2.75) is 40.0 Å². The normalized spacial score (nSPS) is 11.4. The fourth-order valence-corrected chi connectivity index (χ4v) is 2.35.